The van der Waals surface area contributed by atoms with Gasteiger partial charge < -0.3 is 54.5 Å². The van der Waals surface area contributed by atoms with Crippen LogP contribution >= 0.6 is 23.2 Å². The van der Waals surface area contributed by atoms with Crippen molar-refractivity contribution in [2.45, 2.75) is 168 Å². The average molecular weight is 1790 g/mol. The summed E-state index contributed by atoms with van der Waals surface area (Å²) in [6, 6.07) is 42.7. The van der Waals surface area contributed by atoms with E-state index in [-0.39, 0.29) is 122 Å². The fraction of sp³-hybridized carbons (Fsp3) is 0.464. The molecule has 6 saturated heterocycles. The molecule has 8 amide bonds. The van der Waals surface area contributed by atoms with Crippen LogP contribution < -0.4 is 45.9 Å². The number of benzene rings is 7. The molecule has 2 saturated carbocycles. The van der Waals surface area contributed by atoms with Crippen molar-refractivity contribution in [1.82, 2.24) is 41.3 Å². The van der Waals surface area contributed by atoms with Crippen LogP contribution in [0.4, 0.5) is 22.7 Å². The highest BCUT2D eigenvalue weighted by atomic mass is 35.5. The molecule has 0 spiro atoms. The lowest BCUT2D eigenvalue weighted by atomic mass is 9.49. The van der Waals surface area contributed by atoms with Crippen LogP contribution in [0.5, 0.6) is 11.5 Å². The van der Waals surface area contributed by atoms with Crippen molar-refractivity contribution in [3.05, 3.63) is 229 Å². The molecule has 2 unspecified atom stereocenters. The molecule has 5 N–H and O–H groups in total. The van der Waals surface area contributed by atoms with E-state index >= 15 is 0 Å². The Morgan fingerprint density at radius 1 is 0.528 bits per heavy atom. The minimum absolute atomic E-state index is 0.0665. The Hall–Kier alpha value is -10.8. The minimum atomic E-state index is -3.83. The number of rotatable bonds is 24. The second-order valence-corrected chi connectivity index (χ2v) is 40.3. The number of anilines is 2. The van der Waals surface area contributed by atoms with E-state index in [1.54, 1.807) is 70.5 Å². The number of piperidine rings is 2. The van der Waals surface area contributed by atoms with Crippen molar-refractivity contribution in [1.29, 1.82) is 0 Å². The molecule has 17 rings (SSSR count). The molecule has 8 fully saturated rings. The number of amides is 8. The smallest absolute Gasteiger partial charge is 0.296 e. The molecule has 127 heavy (non-hydrogen) atoms. The molecule has 0 radical (unpaired) electrons. The van der Waals surface area contributed by atoms with Crippen LogP contribution in [0.25, 0.3) is 9.69 Å². The van der Waals surface area contributed by atoms with Gasteiger partial charge in [0.05, 0.1) is 61.1 Å². The van der Waals surface area contributed by atoms with Crippen LogP contribution in [0, 0.1) is 52.6 Å². The maximum Gasteiger partial charge on any atom is 0.296 e. The minimum Gasteiger partial charge on any atom is -0.489 e. The summed E-state index contributed by atoms with van der Waals surface area (Å²) in [5, 5.41) is 15.3. The molecule has 2 atom stereocenters. The van der Waals surface area contributed by atoms with Gasteiger partial charge in [0.25, 0.3) is 33.7 Å². The van der Waals surface area contributed by atoms with Crippen molar-refractivity contribution >= 4 is 103 Å². The first-order chi connectivity index (χ1) is 60.5. The highest BCUT2D eigenvalue weighted by Gasteiger charge is 2.65. The summed E-state index contributed by atoms with van der Waals surface area (Å²) in [4.78, 5) is 118. The van der Waals surface area contributed by atoms with Crippen LogP contribution in [0.1, 0.15) is 163 Å². The fourth-order valence-electron chi connectivity index (χ4n) is 20.7. The van der Waals surface area contributed by atoms with Gasteiger partial charge in [-0.25, -0.2) is 9.69 Å². The predicted molar refractivity (Wildman–Crippen MR) is 481 cm³/mol. The first-order valence-electron chi connectivity index (χ1n) is 43.5. The summed E-state index contributed by atoms with van der Waals surface area (Å²) in [6.07, 6.45) is 4.05. The summed E-state index contributed by atoms with van der Waals surface area (Å²) in [5.41, 5.74) is 8.96. The highest BCUT2D eigenvalue weighted by molar-refractivity contribution is 7.86. The third kappa shape index (κ3) is 19.2. The van der Waals surface area contributed by atoms with E-state index in [9.17, 15) is 46.8 Å². The first kappa shape index (κ1) is 91.0. The lowest BCUT2D eigenvalue weighted by Gasteiger charge is -2.63. The molecule has 0 bridgehead atoms. The van der Waals surface area contributed by atoms with Crippen LogP contribution in [-0.2, 0) is 68.9 Å². The third-order valence-corrected chi connectivity index (χ3v) is 29.3. The van der Waals surface area contributed by atoms with E-state index in [1.807, 2.05) is 67.6 Å². The number of carbonyl (C=O) groups excluding carboxylic acids is 8. The number of aryl methyl sites for hydroxylation is 1. The standard InChI is InChI=1S/C45H51ClN6O6.C35H39ClN2O6S.C17H20N4O3/c1-43(2)41(44(3,4)42(43)58-32-11-13-35(47-5)34(46)23-32)49-38(54)29-8-6-28(7-9-29)24-45(26-57-27-45)16-17-50-18-20-51(21-19-50)31-10-12-33-30(22-31)25-52(40(33)56)36-14-15-37(53)48-39(36)55;1-23-7-14-27(15-8-23)45(40,41)43-18-17-35(21-42-22-35)20-24-9-11-25(12-10-24)30(39)38-31-33(2,3)32(34(31,4)5)44-26-13-16-29(37-6)28(36)19-26;22-15-4-3-14(16(23)19-15)21-10-11-9-12(1-2-13(11)17(21)24)20-7-5-18-6-8-20/h6-13,22-23,36,41-42H,14-21,24-27H2,1-4H3,(H,49,54)(H,48,53,55);7-16,19,31-32H,17-18,20-22H2,1-5H3,(H,38,39);1-2,9,14,18H,3-8,10H2,(H,19,22,23). The number of hydrogen-bond donors (Lipinski definition) is 5. The van der Waals surface area contributed by atoms with Gasteiger partial charge >= 0.3 is 0 Å². The molecule has 668 valence electrons. The number of carbonyl (C=O) groups is 8. The molecule has 30 heteroatoms. The van der Waals surface area contributed by atoms with Gasteiger partial charge in [-0.05, 0) is 171 Å². The Bertz CT molecular complexity index is 5580. The van der Waals surface area contributed by atoms with Crippen LogP contribution in [0.3, 0.4) is 0 Å². The van der Waals surface area contributed by atoms with Crippen LogP contribution in [0.15, 0.2) is 150 Å². The number of imide groups is 2. The zero-order chi connectivity index (χ0) is 90.3. The summed E-state index contributed by atoms with van der Waals surface area (Å²) in [5.74, 6) is -0.644. The first-order valence-corrected chi connectivity index (χ1v) is 45.7. The molecular weight excluding hydrogens is 1680 g/mol. The molecule has 10 aliphatic rings. The van der Waals surface area contributed by atoms with Gasteiger partial charge in [-0.3, -0.25) is 58.1 Å². The molecular formula is C97H110Cl2N12O15S. The molecule has 8 aliphatic heterocycles. The van der Waals surface area contributed by atoms with Crippen molar-refractivity contribution in [3.8, 4) is 11.5 Å². The quantitative estimate of drug-likeness (QED) is 0.0213. The summed E-state index contributed by atoms with van der Waals surface area (Å²) in [6.45, 7) is 44.8. The van der Waals surface area contributed by atoms with Gasteiger partial charge in [0.2, 0.25) is 35.0 Å². The fourth-order valence-corrected chi connectivity index (χ4v) is 22.0. The second-order valence-electron chi connectivity index (χ2n) is 37.9. The monoisotopic (exact) mass is 1780 g/mol. The van der Waals surface area contributed by atoms with E-state index in [0.717, 1.165) is 119 Å². The van der Waals surface area contributed by atoms with Crippen molar-refractivity contribution < 1.29 is 69.9 Å². The molecule has 0 aromatic heterocycles. The SMILES string of the molecule is O=C1CCC(N2Cc3cc(N4CCNCC4)ccc3C2=O)C(=O)N1.[C-]#[N+]c1ccc(OC2C(C)(C)C(NC(=O)c3ccc(CC4(CCN5CCN(c6ccc7c(c6)CN(C6CCC(=O)NC6=O)C7=O)CC5)COC4)cc3)C2(C)C)cc1Cl.[C-]#[N+]c1ccc(OC2C(C)(C)C(NC(=O)c3ccc(CC4(CCOS(=O)(=O)c5ccc(C)cc5)COC4)cc3)C2(C)C)cc1Cl. The summed E-state index contributed by atoms with van der Waals surface area (Å²) in [7, 11) is -3.83. The van der Waals surface area contributed by atoms with Gasteiger partial charge in [-0.15, -0.1) is 0 Å². The number of piperazine rings is 2. The van der Waals surface area contributed by atoms with E-state index < -0.39 is 28.1 Å². The summed E-state index contributed by atoms with van der Waals surface area (Å²) >= 11 is 12.5. The Morgan fingerprint density at radius 2 is 0.945 bits per heavy atom. The van der Waals surface area contributed by atoms with Gasteiger partial charge in [0, 0.05) is 156 Å². The number of ether oxygens (including phenoxy) is 4. The maximum atomic E-state index is 13.5. The van der Waals surface area contributed by atoms with Gasteiger partial charge in [0.1, 0.15) is 35.8 Å². The Kier molecular flexibility index (Phi) is 26.3. The van der Waals surface area contributed by atoms with E-state index in [1.165, 1.54) is 5.56 Å². The lowest BCUT2D eigenvalue weighted by Crippen LogP contribution is -2.74. The van der Waals surface area contributed by atoms with E-state index in [2.05, 4.69) is 131 Å². The van der Waals surface area contributed by atoms with Crippen molar-refractivity contribution in [2.75, 3.05) is 102 Å². The average Bonchev–Trinajstić information content (AvgIpc) is 1.34. The number of fused-ring (bicyclic) bond motifs is 2. The lowest BCUT2D eigenvalue weighted by molar-refractivity contribution is -0.164. The second kappa shape index (κ2) is 36.8. The molecule has 8 heterocycles. The van der Waals surface area contributed by atoms with E-state index in [0.29, 0.717) is 107 Å². The van der Waals surface area contributed by atoms with Crippen molar-refractivity contribution in [2.24, 2.45) is 32.5 Å². The van der Waals surface area contributed by atoms with Crippen LogP contribution in [0.2, 0.25) is 10.0 Å². The molecule has 2 aliphatic carbocycles. The Morgan fingerprint density at radius 3 is 1.34 bits per heavy atom. The van der Waals surface area contributed by atoms with Crippen molar-refractivity contribution in [3.63, 3.8) is 0 Å². The highest BCUT2D eigenvalue weighted by Crippen LogP contribution is 2.58. The normalized spacial score (nSPS) is 23.3. The summed E-state index contributed by atoms with van der Waals surface area (Å²) < 4.78 is 54.6. The molecule has 27 nitrogen and oxygen atoms in total. The van der Waals surface area contributed by atoms with Crippen LogP contribution in [-0.4, -0.2) is 199 Å². The van der Waals surface area contributed by atoms with Gasteiger partial charge in [-0.2, -0.15) is 8.42 Å². The number of halogens is 2. The van der Waals surface area contributed by atoms with E-state index in [4.69, 9.17) is 59.5 Å². The zero-order valence-electron chi connectivity index (χ0n) is 73.2. The number of nitrogens with one attached hydrogen (secondary N) is 5. The Labute approximate surface area is 752 Å². The third-order valence-electron chi connectivity index (χ3n) is 27.4. The Balaban J connectivity index is 0.000000159. The predicted octanol–water partition coefficient (Wildman–Crippen LogP) is 13.1. The largest absolute Gasteiger partial charge is 0.489 e. The number of hydrogen-bond acceptors (Lipinski definition) is 19. The zero-order valence-corrected chi connectivity index (χ0v) is 75.5. The molecule has 7 aromatic carbocycles. The van der Waals surface area contributed by atoms with Gasteiger partial charge in [-0.1, -0.05) is 133 Å². The number of nitrogens with zero attached hydrogens (tertiary/aromatic N) is 7. The maximum absolute atomic E-state index is 13.5. The topological polar surface area (TPSA) is 302 Å². The molecule has 7 aromatic rings. The van der Waals surface area contributed by atoms with Gasteiger partial charge in [0.15, 0.2) is 0 Å².